The van der Waals surface area contributed by atoms with Crippen molar-refractivity contribution in [3.05, 3.63) is 12.3 Å². The van der Waals surface area contributed by atoms with E-state index in [0.717, 1.165) is 0 Å². The molecule has 0 rings (SSSR count). The second-order valence-electron chi connectivity index (χ2n) is 1.89. The van der Waals surface area contributed by atoms with Crippen LogP contribution in [0.25, 0.3) is 0 Å². The molecular weight excluding hydrogens is 100 g/mol. The molecule has 0 aromatic heterocycles. The van der Waals surface area contributed by atoms with Gasteiger partial charge in [-0.05, 0) is 20.0 Å². The van der Waals surface area contributed by atoms with Crippen LogP contribution in [0.15, 0.2) is 12.3 Å². The lowest BCUT2D eigenvalue weighted by molar-refractivity contribution is 0.360. The van der Waals surface area contributed by atoms with Gasteiger partial charge in [-0.3, -0.25) is 0 Å². The Labute approximate surface area is 51.0 Å². The maximum atomic E-state index is 5.50. The van der Waals surface area contributed by atoms with E-state index in [-0.39, 0.29) is 6.17 Å². The highest BCUT2D eigenvalue weighted by atomic mass is 15.2. The van der Waals surface area contributed by atoms with Gasteiger partial charge in [0, 0.05) is 7.05 Å². The van der Waals surface area contributed by atoms with Crippen molar-refractivity contribution < 1.29 is 0 Å². The van der Waals surface area contributed by atoms with E-state index in [9.17, 15) is 0 Å². The van der Waals surface area contributed by atoms with E-state index in [1.165, 1.54) is 0 Å². The van der Waals surface area contributed by atoms with Crippen molar-refractivity contribution in [3.63, 3.8) is 0 Å². The summed E-state index contributed by atoms with van der Waals surface area (Å²) in [4.78, 5) is 1.94. The van der Waals surface area contributed by atoms with Gasteiger partial charge in [0.2, 0.25) is 0 Å². The predicted octanol–water partition coefficient (Wildman–Crippen LogP) is 0.756. The zero-order chi connectivity index (χ0) is 6.57. The molecule has 0 aliphatic carbocycles. The van der Waals surface area contributed by atoms with Gasteiger partial charge < -0.3 is 10.6 Å². The van der Waals surface area contributed by atoms with Crippen LogP contribution in [0.2, 0.25) is 0 Å². The maximum Gasteiger partial charge on any atom is 0.0733 e. The Morgan fingerprint density at radius 1 is 1.62 bits per heavy atom. The lowest BCUT2D eigenvalue weighted by atomic mass is 10.5. The maximum absolute atomic E-state index is 5.50. The Morgan fingerprint density at radius 3 is 2.25 bits per heavy atom. The summed E-state index contributed by atoms with van der Waals surface area (Å²) in [6.07, 6.45) is 4.03. The second kappa shape index (κ2) is 3.50. The largest absolute Gasteiger partial charge is 0.366 e. The van der Waals surface area contributed by atoms with Crippen LogP contribution in [-0.2, 0) is 0 Å². The number of hydrogen-bond acceptors (Lipinski definition) is 2. The first-order valence-electron chi connectivity index (χ1n) is 2.78. The third kappa shape index (κ3) is 2.64. The van der Waals surface area contributed by atoms with Crippen LogP contribution in [0.4, 0.5) is 0 Å². The first-order valence-corrected chi connectivity index (χ1v) is 2.78. The van der Waals surface area contributed by atoms with E-state index in [2.05, 4.69) is 0 Å². The van der Waals surface area contributed by atoms with Gasteiger partial charge in [-0.15, -0.1) is 0 Å². The molecule has 0 radical (unpaired) electrons. The molecule has 1 atom stereocenters. The normalized spacial score (nSPS) is 14.5. The van der Waals surface area contributed by atoms with Gasteiger partial charge in [-0.25, -0.2) is 0 Å². The van der Waals surface area contributed by atoms with Gasteiger partial charge in [0.25, 0.3) is 0 Å². The van der Waals surface area contributed by atoms with E-state index in [4.69, 9.17) is 5.73 Å². The molecule has 8 heavy (non-hydrogen) atoms. The first-order chi connectivity index (χ1) is 3.68. The molecule has 0 aliphatic rings. The summed E-state index contributed by atoms with van der Waals surface area (Å²) in [5.74, 6) is 0. The summed E-state index contributed by atoms with van der Waals surface area (Å²) in [6.45, 7) is 3.92. The summed E-state index contributed by atoms with van der Waals surface area (Å²) in [7, 11) is 1.95. The highest BCUT2D eigenvalue weighted by molar-refractivity contribution is 4.77. The average molecular weight is 114 g/mol. The highest BCUT2D eigenvalue weighted by Gasteiger charge is 1.92. The quantitative estimate of drug-likeness (QED) is 0.537. The second-order valence-corrected chi connectivity index (χ2v) is 1.89. The van der Waals surface area contributed by atoms with E-state index < -0.39 is 0 Å². The number of allylic oxidation sites excluding steroid dienone is 1. The summed E-state index contributed by atoms with van der Waals surface area (Å²) >= 11 is 0. The van der Waals surface area contributed by atoms with Gasteiger partial charge in [0.05, 0.1) is 6.17 Å². The van der Waals surface area contributed by atoms with Crippen LogP contribution >= 0.6 is 0 Å². The zero-order valence-corrected chi connectivity index (χ0v) is 5.76. The lowest BCUT2D eigenvalue weighted by Crippen LogP contribution is -2.31. The molecule has 0 spiro atoms. The monoisotopic (exact) mass is 114 g/mol. The molecule has 0 amide bonds. The number of nitrogens with two attached hydrogens (primary N) is 1. The van der Waals surface area contributed by atoms with Crippen LogP contribution in [-0.4, -0.2) is 18.1 Å². The van der Waals surface area contributed by atoms with E-state index >= 15 is 0 Å². The standard InChI is InChI=1S/C6H14N2/c1-4-5-8(3)6(2)7/h4-6H,7H2,1-3H3/b5-4-. The molecule has 0 fully saturated rings. The molecule has 48 valence electrons. The number of hydrogen-bond donors (Lipinski definition) is 1. The molecular formula is C6H14N2. The van der Waals surface area contributed by atoms with Crippen LogP contribution in [0.3, 0.4) is 0 Å². The van der Waals surface area contributed by atoms with Crippen LogP contribution in [0.1, 0.15) is 13.8 Å². The number of nitrogens with zero attached hydrogens (tertiary/aromatic N) is 1. The van der Waals surface area contributed by atoms with Crippen molar-refractivity contribution >= 4 is 0 Å². The molecule has 0 saturated heterocycles. The summed E-state index contributed by atoms with van der Waals surface area (Å²) in [5, 5.41) is 0. The Kier molecular flexibility index (Phi) is 3.28. The fraction of sp³-hybridized carbons (Fsp3) is 0.667. The minimum atomic E-state index is 0.117. The highest BCUT2D eigenvalue weighted by Crippen LogP contribution is 1.86. The van der Waals surface area contributed by atoms with Crippen LogP contribution in [0.5, 0.6) is 0 Å². The van der Waals surface area contributed by atoms with Crippen molar-refractivity contribution in [2.45, 2.75) is 20.0 Å². The lowest BCUT2D eigenvalue weighted by Gasteiger charge is -2.17. The zero-order valence-electron chi connectivity index (χ0n) is 5.76. The molecule has 0 saturated carbocycles. The Bertz CT molecular complexity index is 76.6. The van der Waals surface area contributed by atoms with Gasteiger partial charge in [-0.2, -0.15) is 0 Å². The Morgan fingerprint density at radius 2 is 2.12 bits per heavy atom. The first kappa shape index (κ1) is 7.50. The van der Waals surface area contributed by atoms with Crippen molar-refractivity contribution in [1.82, 2.24) is 4.90 Å². The Balaban J connectivity index is 3.47. The molecule has 0 heterocycles. The van der Waals surface area contributed by atoms with Gasteiger partial charge in [0.15, 0.2) is 0 Å². The fourth-order valence-corrected chi connectivity index (χ4v) is 0.371. The summed E-state index contributed by atoms with van der Waals surface area (Å²) in [6, 6.07) is 0. The Hall–Kier alpha value is -0.500. The molecule has 0 aromatic rings. The fourth-order valence-electron chi connectivity index (χ4n) is 0.371. The van der Waals surface area contributed by atoms with Gasteiger partial charge in [-0.1, -0.05) is 6.08 Å². The third-order valence-electron chi connectivity index (χ3n) is 1.03. The molecule has 0 aliphatic heterocycles. The molecule has 2 N–H and O–H groups in total. The smallest absolute Gasteiger partial charge is 0.0733 e. The van der Waals surface area contributed by atoms with Crippen molar-refractivity contribution in [3.8, 4) is 0 Å². The summed E-state index contributed by atoms with van der Waals surface area (Å²) in [5.41, 5.74) is 5.50. The number of rotatable bonds is 2. The molecule has 2 nitrogen and oxygen atoms in total. The van der Waals surface area contributed by atoms with Gasteiger partial charge in [0.1, 0.15) is 0 Å². The molecule has 0 aromatic carbocycles. The predicted molar refractivity (Wildman–Crippen MR) is 36.2 cm³/mol. The molecule has 0 bridgehead atoms. The summed E-state index contributed by atoms with van der Waals surface area (Å²) < 4.78 is 0. The van der Waals surface area contributed by atoms with Crippen LogP contribution in [0, 0.1) is 0 Å². The third-order valence-corrected chi connectivity index (χ3v) is 1.03. The minimum Gasteiger partial charge on any atom is -0.366 e. The molecule has 2 heteroatoms. The van der Waals surface area contributed by atoms with Crippen molar-refractivity contribution in [2.24, 2.45) is 5.73 Å². The topological polar surface area (TPSA) is 29.3 Å². The van der Waals surface area contributed by atoms with E-state index in [0.29, 0.717) is 0 Å². The SMILES string of the molecule is C/C=C\N(C)C(C)N. The van der Waals surface area contributed by atoms with E-state index in [1.807, 2.05) is 38.1 Å². The van der Waals surface area contributed by atoms with Gasteiger partial charge >= 0.3 is 0 Å². The molecule has 1 unspecified atom stereocenters. The van der Waals surface area contributed by atoms with Crippen molar-refractivity contribution in [2.75, 3.05) is 7.05 Å². The van der Waals surface area contributed by atoms with E-state index in [1.54, 1.807) is 0 Å². The minimum absolute atomic E-state index is 0.117. The van der Waals surface area contributed by atoms with Crippen molar-refractivity contribution in [1.29, 1.82) is 0 Å². The van der Waals surface area contributed by atoms with Crippen LogP contribution < -0.4 is 5.73 Å². The average Bonchev–Trinajstić information content (AvgIpc) is 1.67.